The Morgan fingerprint density at radius 2 is 2.00 bits per heavy atom. The maximum Gasteiger partial charge on any atom is 0.259 e. The Morgan fingerprint density at radius 3 is 2.71 bits per heavy atom. The molecular formula is C16H21N3OS. The molecule has 1 heterocycles. The number of nitrogens with two attached hydrogens (primary N) is 1. The lowest BCUT2D eigenvalue weighted by atomic mass is 9.77. The van der Waals surface area contributed by atoms with Gasteiger partial charge in [-0.2, -0.15) is 4.98 Å². The second-order valence-corrected chi connectivity index (χ2v) is 6.81. The number of rotatable bonds is 3. The Balaban J connectivity index is 1.90. The van der Waals surface area contributed by atoms with Crippen LogP contribution in [0.3, 0.4) is 0 Å². The van der Waals surface area contributed by atoms with Gasteiger partial charge in [-0.15, -0.1) is 11.8 Å². The van der Waals surface area contributed by atoms with Gasteiger partial charge in [0.05, 0.1) is 11.1 Å². The molecule has 2 N–H and O–H groups in total. The van der Waals surface area contributed by atoms with Crippen molar-refractivity contribution in [2.75, 3.05) is 6.26 Å². The molecule has 4 nitrogen and oxygen atoms in total. The molecule has 1 aromatic carbocycles. The van der Waals surface area contributed by atoms with Gasteiger partial charge in [-0.3, -0.25) is 0 Å². The monoisotopic (exact) mass is 303 g/mol. The van der Waals surface area contributed by atoms with Crippen molar-refractivity contribution in [3.8, 4) is 11.5 Å². The summed E-state index contributed by atoms with van der Waals surface area (Å²) in [5.74, 6) is 1.96. The highest BCUT2D eigenvalue weighted by atomic mass is 32.2. The van der Waals surface area contributed by atoms with Crippen LogP contribution in [0.4, 0.5) is 0 Å². The number of nitrogens with zero attached hydrogens (tertiary/aromatic N) is 2. The molecule has 3 rings (SSSR count). The normalized spacial score (nSPS) is 26.0. The van der Waals surface area contributed by atoms with E-state index in [9.17, 15) is 0 Å². The van der Waals surface area contributed by atoms with Crippen LogP contribution in [-0.2, 0) is 5.54 Å². The van der Waals surface area contributed by atoms with Crippen LogP contribution in [0.5, 0.6) is 0 Å². The predicted molar refractivity (Wildman–Crippen MR) is 85.0 cm³/mol. The summed E-state index contributed by atoms with van der Waals surface area (Å²) in [4.78, 5) is 5.73. The zero-order valence-electron chi connectivity index (χ0n) is 12.5. The maximum atomic E-state index is 6.51. The SMILES string of the molecule is CSc1ccccc1-c1nc(C2(N)CCC(C)CC2)no1. The minimum atomic E-state index is -0.428. The molecule has 1 aliphatic rings. The minimum Gasteiger partial charge on any atom is -0.334 e. The van der Waals surface area contributed by atoms with E-state index in [0.717, 1.165) is 42.1 Å². The second-order valence-electron chi connectivity index (χ2n) is 5.96. The number of aromatic nitrogens is 2. The van der Waals surface area contributed by atoms with Crippen molar-refractivity contribution in [1.82, 2.24) is 10.1 Å². The average Bonchev–Trinajstić information content (AvgIpc) is 3.01. The summed E-state index contributed by atoms with van der Waals surface area (Å²) in [6.07, 6.45) is 6.15. The highest BCUT2D eigenvalue weighted by Gasteiger charge is 2.36. The fourth-order valence-corrected chi connectivity index (χ4v) is 3.45. The van der Waals surface area contributed by atoms with Gasteiger partial charge in [-0.1, -0.05) is 24.2 Å². The van der Waals surface area contributed by atoms with Crippen molar-refractivity contribution in [3.05, 3.63) is 30.1 Å². The molecule has 5 heteroatoms. The Bertz CT molecular complexity index is 617. The fourth-order valence-electron chi connectivity index (χ4n) is 2.86. The smallest absolute Gasteiger partial charge is 0.259 e. The maximum absolute atomic E-state index is 6.51. The molecule has 0 amide bonds. The largest absolute Gasteiger partial charge is 0.334 e. The van der Waals surface area contributed by atoms with E-state index >= 15 is 0 Å². The van der Waals surface area contributed by atoms with Gasteiger partial charge < -0.3 is 10.3 Å². The lowest BCUT2D eigenvalue weighted by Crippen LogP contribution is -2.41. The molecule has 0 saturated heterocycles. The third-order valence-corrected chi connectivity index (χ3v) is 5.17. The first kappa shape index (κ1) is 14.6. The Kier molecular flexibility index (Phi) is 4.04. The summed E-state index contributed by atoms with van der Waals surface area (Å²) >= 11 is 1.68. The highest BCUT2D eigenvalue weighted by Crippen LogP contribution is 2.37. The zero-order chi connectivity index (χ0) is 14.9. The first-order chi connectivity index (χ1) is 10.1. The fraction of sp³-hybridized carbons (Fsp3) is 0.500. The summed E-state index contributed by atoms with van der Waals surface area (Å²) in [6.45, 7) is 2.27. The quantitative estimate of drug-likeness (QED) is 0.873. The van der Waals surface area contributed by atoms with Crippen molar-refractivity contribution in [2.24, 2.45) is 11.7 Å². The van der Waals surface area contributed by atoms with E-state index in [4.69, 9.17) is 10.3 Å². The van der Waals surface area contributed by atoms with E-state index < -0.39 is 5.54 Å². The van der Waals surface area contributed by atoms with Crippen molar-refractivity contribution in [1.29, 1.82) is 0 Å². The first-order valence-electron chi connectivity index (χ1n) is 7.39. The van der Waals surface area contributed by atoms with Crippen molar-refractivity contribution < 1.29 is 4.52 Å². The van der Waals surface area contributed by atoms with Crippen LogP contribution in [0.2, 0.25) is 0 Å². The Hall–Kier alpha value is -1.33. The molecule has 0 spiro atoms. The van der Waals surface area contributed by atoms with Gasteiger partial charge in [-0.25, -0.2) is 0 Å². The number of hydrogen-bond donors (Lipinski definition) is 1. The molecule has 1 aromatic heterocycles. The summed E-state index contributed by atoms with van der Waals surface area (Å²) in [5, 5.41) is 4.17. The van der Waals surface area contributed by atoms with Gasteiger partial charge in [0.15, 0.2) is 5.82 Å². The van der Waals surface area contributed by atoms with Crippen LogP contribution >= 0.6 is 11.8 Å². The molecule has 112 valence electrons. The van der Waals surface area contributed by atoms with Crippen molar-refractivity contribution in [3.63, 3.8) is 0 Å². The lowest BCUT2D eigenvalue weighted by Gasteiger charge is -2.33. The van der Waals surface area contributed by atoms with E-state index in [2.05, 4.69) is 23.1 Å². The third-order valence-electron chi connectivity index (χ3n) is 4.38. The standard InChI is InChI=1S/C16H21N3OS/c1-11-7-9-16(17,10-8-11)15-18-14(20-19-15)12-5-3-4-6-13(12)21-2/h3-6,11H,7-10,17H2,1-2H3. The molecule has 0 unspecified atom stereocenters. The van der Waals surface area contributed by atoms with E-state index in [1.54, 1.807) is 11.8 Å². The summed E-state index contributed by atoms with van der Waals surface area (Å²) in [6, 6.07) is 8.07. The van der Waals surface area contributed by atoms with Gasteiger partial charge in [0.1, 0.15) is 0 Å². The van der Waals surface area contributed by atoms with Gasteiger partial charge in [-0.05, 0) is 50.0 Å². The summed E-state index contributed by atoms with van der Waals surface area (Å²) in [7, 11) is 0. The molecule has 1 saturated carbocycles. The number of hydrogen-bond acceptors (Lipinski definition) is 5. The Labute approximate surface area is 129 Å². The lowest BCUT2D eigenvalue weighted by molar-refractivity contribution is 0.230. The third kappa shape index (κ3) is 2.85. The van der Waals surface area contributed by atoms with Crippen LogP contribution in [-0.4, -0.2) is 16.4 Å². The van der Waals surface area contributed by atoms with Gasteiger partial charge in [0, 0.05) is 4.90 Å². The number of benzene rings is 1. The molecule has 0 radical (unpaired) electrons. The zero-order valence-corrected chi connectivity index (χ0v) is 13.3. The molecule has 0 aliphatic heterocycles. The summed E-state index contributed by atoms with van der Waals surface area (Å²) in [5.41, 5.74) is 7.07. The van der Waals surface area contributed by atoms with E-state index in [-0.39, 0.29) is 0 Å². The molecular weight excluding hydrogens is 282 g/mol. The van der Waals surface area contributed by atoms with E-state index in [1.807, 2.05) is 24.5 Å². The molecule has 0 bridgehead atoms. The van der Waals surface area contributed by atoms with Crippen molar-refractivity contribution in [2.45, 2.75) is 43.0 Å². The van der Waals surface area contributed by atoms with Gasteiger partial charge >= 0.3 is 0 Å². The van der Waals surface area contributed by atoms with E-state index in [0.29, 0.717) is 11.7 Å². The minimum absolute atomic E-state index is 0.428. The predicted octanol–water partition coefficient (Wildman–Crippen LogP) is 3.82. The van der Waals surface area contributed by atoms with Crippen LogP contribution in [0.15, 0.2) is 33.7 Å². The highest BCUT2D eigenvalue weighted by molar-refractivity contribution is 7.98. The molecule has 1 fully saturated rings. The molecule has 0 atom stereocenters. The Morgan fingerprint density at radius 1 is 1.29 bits per heavy atom. The molecule has 2 aromatic rings. The molecule has 1 aliphatic carbocycles. The van der Waals surface area contributed by atoms with Crippen LogP contribution in [0, 0.1) is 5.92 Å². The molecule has 21 heavy (non-hydrogen) atoms. The van der Waals surface area contributed by atoms with Gasteiger partial charge in [0.2, 0.25) is 0 Å². The van der Waals surface area contributed by atoms with Crippen LogP contribution in [0.1, 0.15) is 38.4 Å². The second kappa shape index (κ2) is 5.81. The number of thioether (sulfide) groups is 1. The van der Waals surface area contributed by atoms with Crippen LogP contribution in [0.25, 0.3) is 11.5 Å². The van der Waals surface area contributed by atoms with Gasteiger partial charge in [0.25, 0.3) is 5.89 Å². The van der Waals surface area contributed by atoms with E-state index in [1.165, 1.54) is 0 Å². The van der Waals surface area contributed by atoms with Crippen molar-refractivity contribution >= 4 is 11.8 Å². The average molecular weight is 303 g/mol. The van der Waals surface area contributed by atoms with Crippen LogP contribution < -0.4 is 5.73 Å². The summed E-state index contributed by atoms with van der Waals surface area (Å²) < 4.78 is 5.48. The first-order valence-corrected chi connectivity index (χ1v) is 8.61. The topological polar surface area (TPSA) is 64.9 Å².